The highest BCUT2D eigenvalue weighted by atomic mass is 16.2. The second kappa shape index (κ2) is 7.78. The first-order valence-corrected chi connectivity index (χ1v) is 5.04. The van der Waals surface area contributed by atoms with Crippen molar-refractivity contribution >= 4 is 17.9 Å². The van der Waals surface area contributed by atoms with Crippen LogP contribution < -0.4 is 16.0 Å². The predicted molar refractivity (Wildman–Crippen MR) is 59.0 cm³/mol. The number of hydrogen-bond acceptors (Lipinski definition) is 2. The van der Waals surface area contributed by atoms with Gasteiger partial charge in [0.15, 0.2) is 0 Å². The van der Waals surface area contributed by atoms with Crippen molar-refractivity contribution in [2.45, 2.75) is 27.2 Å². The highest BCUT2D eigenvalue weighted by molar-refractivity contribution is 6.02. The van der Waals surface area contributed by atoms with Crippen LogP contribution in [-0.4, -0.2) is 31.0 Å². The fraction of sp³-hybridized carbons (Fsp3) is 0.667. The van der Waals surface area contributed by atoms with Crippen molar-refractivity contribution in [3.63, 3.8) is 0 Å². The quantitative estimate of drug-likeness (QED) is 0.480. The molecule has 0 radical (unpaired) electrons. The zero-order chi connectivity index (χ0) is 11.7. The maximum Gasteiger partial charge on any atom is 0.342 e. The average Bonchev–Trinajstić information content (AvgIpc) is 2.17. The lowest BCUT2D eigenvalue weighted by Gasteiger charge is -2.06. The molecule has 0 atom stereocenters. The van der Waals surface area contributed by atoms with E-state index in [1.165, 1.54) is 0 Å². The van der Waals surface area contributed by atoms with Gasteiger partial charge in [-0.3, -0.25) is 5.32 Å². The first-order valence-electron chi connectivity index (χ1n) is 5.04. The van der Waals surface area contributed by atoms with Gasteiger partial charge in [0.05, 0.1) is 0 Å². The minimum atomic E-state index is -0.439. The van der Waals surface area contributed by atoms with E-state index in [0.29, 0.717) is 25.3 Å². The third-order valence-electron chi connectivity index (χ3n) is 1.49. The van der Waals surface area contributed by atoms with Gasteiger partial charge in [0.25, 0.3) is 0 Å². The van der Waals surface area contributed by atoms with E-state index in [9.17, 15) is 9.59 Å². The predicted octanol–water partition coefficient (Wildman–Crippen LogP) is 0.844. The topological polar surface area (TPSA) is 82.6 Å². The Morgan fingerprint density at radius 2 is 1.67 bits per heavy atom. The average molecular weight is 214 g/mol. The van der Waals surface area contributed by atoms with Gasteiger partial charge in [0.1, 0.15) is 5.84 Å². The van der Waals surface area contributed by atoms with Crippen LogP contribution in [0.25, 0.3) is 0 Å². The summed E-state index contributed by atoms with van der Waals surface area (Å²) < 4.78 is 0. The molecule has 6 heteroatoms. The lowest BCUT2D eigenvalue weighted by molar-refractivity contribution is 0.245. The summed E-state index contributed by atoms with van der Waals surface area (Å²) in [6, 6.07) is -0.784. The fourth-order valence-electron chi connectivity index (χ4n) is 0.845. The molecule has 0 aliphatic heterocycles. The molecule has 0 aromatic rings. The van der Waals surface area contributed by atoms with Crippen molar-refractivity contribution in [3.05, 3.63) is 0 Å². The van der Waals surface area contributed by atoms with E-state index in [4.69, 9.17) is 0 Å². The Bertz CT molecular complexity index is 250. The van der Waals surface area contributed by atoms with Crippen molar-refractivity contribution in [3.8, 4) is 0 Å². The molecule has 0 aromatic carbocycles. The number of carbonyl (C=O) groups excluding carboxylic acids is 2. The monoisotopic (exact) mass is 214 g/mol. The number of amidine groups is 1. The van der Waals surface area contributed by atoms with Gasteiger partial charge in [0.2, 0.25) is 0 Å². The molecule has 0 spiro atoms. The standard InChI is InChI=1S/C9H18N4O2/c1-4-7(12-8(14)10-5-2)13-9(15)11-6-3/h4-6H2,1-3H3,(H3,10,11,12,13,14,15). The van der Waals surface area contributed by atoms with Gasteiger partial charge >= 0.3 is 12.1 Å². The van der Waals surface area contributed by atoms with Gasteiger partial charge in [-0.15, -0.1) is 0 Å². The van der Waals surface area contributed by atoms with Gasteiger partial charge in [-0.2, -0.15) is 4.99 Å². The molecule has 0 unspecified atom stereocenters. The lowest BCUT2D eigenvalue weighted by atomic mass is 10.4. The Morgan fingerprint density at radius 3 is 2.13 bits per heavy atom. The first-order chi connectivity index (χ1) is 7.13. The largest absolute Gasteiger partial charge is 0.342 e. The number of nitrogens with zero attached hydrogens (tertiary/aromatic N) is 1. The maximum absolute atomic E-state index is 11.1. The third-order valence-corrected chi connectivity index (χ3v) is 1.49. The summed E-state index contributed by atoms with van der Waals surface area (Å²) in [5, 5.41) is 7.57. The third kappa shape index (κ3) is 6.48. The van der Waals surface area contributed by atoms with Crippen LogP contribution in [-0.2, 0) is 0 Å². The van der Waals surface area contributed by atoms with E-state index in [2.05, 4.69) is 20.9 Å². The van der Waals surface area contributed by atoms with E-state index in [1.54, 1.807) is 6.92 Å². The number of hydrogen-bond donors (Lipinski definition) is 3. The van der Waals surface area contributed by atoms with Crippen LogP contribution >= 0.6 is 0 Å². The second-order valence-corrected chi connectivity index (χ2v) is 2.73. The zero-order valence-electron chi connectivity index (χ0n) is 9.39. The maximum atomic E-state index is 11.1. The molecule has 0 fully saturated rings. The number of rotatable bonds is 3. The van der Waals surface area contributed by atoms with E-state index in [1.807, 2.05) is 13.8 Å². The molecule has 3 N–H and O–H groups in total. The molecule has 0 saturated carbocycles. The van der Waals surface area contributed by atoms with Crippen LogP contribution in [0, 0.1) is 0 Å². The zero-order valence-corrected chi connectivity index (χ0v) is 9.39. The summed E-state index contributed by atoms with van der Waals surface area (Å²) in [5.41, 5.74) is 0. The SMILES string of the molecule is CCNC(=O)/N=C(/CC)NC(=O)NCC. The summed E-state index contributed by atoms with van der Waals surface area (Å²) in [6.45, 7) is 6.47. The Morgan fingerprint density at radius 1 is 1.07 bits per heavy atom. The Kier molecular flexibility index (Phi) is 6.96. The Labute approximate surface area is 89.5 Å². The van der Waals surface area contributed by atoms with Crippen LogP contribution in [0.5, 0.6) is 0 Å². The molecule has 4 amide bonds. The van der Waals surface area contributed by atoms with E-state index in [0.717, 1.165) is 0 Å². The highest BCUT2D eigenvalue weighted by Gasteiger charge is 2.04. The van der Waals surface area contributed by atoms with Crippen molar-refractivity contribution in [2.24, 2.45) is 4.99 Å². The van der Waals surface area contributed by atoms with Crippen molar-refractivity contribution in [1.29, 1.82) is 0 Å². The van der Waals surface area contributed by atoms with Crippen LogP contribution in [0.15, 0.2) is 4.99 Å². The first kappa shape index (κ1) is 13.4. The van der Waals surface area contributed by atoms with Crippen LogP contribution in [0.1, 0.15) is 27.2 Å². The molecule has 86 valence electrons. The Hall–Kier alpha value is -1.59. The molecule has 0 aromatic heterocycles. The number of aliphatic imine (C=N–C) groups is 1. The fourth-order valence-corrected chi connectivity index (χ4v) is 0.845. The summed E-state index contributed by atoms with van der Waals surface area (Å²) in [4.78, 5) is 25.9. The van der Waals surface area contributed by atoms with Crippen molar-refractivity contribution in [1.82, 2.24) is 16.0 Å². The highest BCUT2D eigenvalue weighted by Crippen LogP contribution is 1.84. The number of carbonyl (C=O) groups is 2. The van der Waals surface area contributed by atoms with Crippen LogP contribution in [0.4, 0.5) is 9.59 Å². The second-order valence-electron chi connectivity index (χ2n) is 2.73. The number of nitrogens with one attached hydrogen (secondary N) is 3. The molecule has 0 rings (SSSR count). The van der Waals surface area contributed by atoms with Crippen molar-refractivity contribution in [2.75, 3.05) is 13.1 Å². The smallest absolute Gasteiger partial charge is 0.338 e. The number of urea groups is 2. The van der Waals surface area contributed by atoms with E-state index >= 15 is 0 Å². The molecule has 0 saturated heterocycles. The van der Waals surface area contributed by atoms with Crippen molar-refractivity contribution < 1.29 is 9.59 Å². The van der Waals surface area contributed by atoms with Gasteiger partial charge in [0, 0.05) is 19.5 Å². The molecule has 0 aliphatic carbocycles. The molecule has 6 nitrogen and oxygen atoms in total. The molecule has 0 heterocycles. The Balaban J connectivity index is 4.22. The molecular weight excluding hydrogens is 196 g/mol. The minimum absolute atomic E-state index is 0.345. The summed E-state index contributed by atoms with van der Waals surface area (Å²) in [6.07, 6.45) is 0.494. The number of amides is 4. The van der Waals surface area contributed by atoms with Gasteiger partial charge in [-0.25, -0.2) is 9.59 Å². The van der Waals surface area contributed by atoms with Gasteiger partial charge < -0.3 is 10.6 Å². The molecular formula is C9H18N4O2. The summed E-state index contributed by atoms with van der Waals surface area (Å²) in [5.74, 6) is 0.354. The normalized spacial score (nSPS) is 10.7. The minimum Gasteiger partial charge on any atom is -0.338 e. The summed E-state index contributed by atoms with van der Waals surface area (Å²) >= 11 is 0. The van der Waals surface area contributed by atoms with Crippen LogP contribution in [0.2, 0.25) is 0 Å². The molecule has 15 heavy (non-hydrogen) atoms. The molecule has 0 bridgehead atoms. The van der Waals surface area contributed by atoms with Crippen LogP contribution in [0.3, 0.4) is 0 Å². The lowest BCUT2D eigenvalue weighted by Crippen LogP contribution is -2.39. The van der Waals surface area contributed by atoms with E-state index in [-0.39, 0.29) is 6.03 Å². The summed E-state index contributed by atoms with van der Waals surface area (Å²) in [7, 11) is 0. The van der Waals surface area contributed by atoms with Gasteiger partial charge in [-0.1, -0.05) is 6.92 Å². The molecule has 0 aliphatic rings. The van der Waals surface area contributed by atoms with E-state index < -0.39 is 6.03 Å². The van der Waals surface area contributed by atoms with Gasteiger partial charge in [-0.05, 0) is 13.8 Å².